The van der Waals surface area contributed by atoms with Gasteiger partial charge < -0.3 is 50.2 Å². The van der Waals surface area contributed by atoms with Crippen LogP contribution in [0.4, 0.5) is 5.69 Å². The van der Waals surface area contributed by atoms with Crippen molar-refractivity contribution in [2.24, 2.45) is 0 Å². The lowest BCUT2D eigenvalue weighted by Gasteiger charge is -2.40. The van der Waals surface area contributed by atoms with Gasteiger partial charge in [-0.3, -0.25) is 9.59 Å². The number of phenols is 1. The van der Waals surface area contributed by atoms with Crippen molar-refractivity contribution in [1.29, 1.82) is 0 Å². The number of fused-ring (bicyclic) bond motifs is 1. The van der Waals surface area contributed by atoms with Crippen LogP contribution in [0.15, 0.2) is 12.1 Å². The number of ether oxygens (including phenoxy) is 3. The second kappa shape index (κ2) is 9.46. The van der Waals surface area contributed by atoms with Gasteiger partial charge in [0.05, 0.1) is 18.4 Å². The zero-order valence-electron chi connectivity index (χ0n) is 17.3. The topological polar surface area (TPSA) is 195 Å². The molecule has 32 heavy (non-hydrogen) atoms. The second-order valence-electron chi connectivity index (χ2n) is 8.21. The Morgan fingerprint density at radius 3 is 2.59 bits per heavy atom. The Balaban J connectivity index is 1.63. The standard InChI is InChI=1S/C20H27NO11/c1-20(29,6-14(23)24)7-15(25)30-8-13-16(26)17(27)18(28)19(32-13)31-12-4-9-2-3-21-10(9)5-11(12)22/h4-5,13,16-19,21-22,26-29H,2-3,6-8H2,1H3,(H,23,24)/t13-,16-,17+,18-,19-,20?/m1/s1. The summed E-state index contributed by atoms with van der Waals surface area (Å²) in [7, 11) is 0. The highest BCUT2D eigenvalue weighted by atomic mass is 16.7. The Hall–Kier alpha value is -2.64. The third-order valence-corrected chi connectivity index (χ3v) is 5.27. The van der Waals surface area contributed by atoms with Crippen LogP contribution in [0, 0.1) is 0 Å². The smallest absolute Gasteiger partial charge is 0.308 e. The first-order valence-electron chi connectivity index (χ1n) is 10.0. The molecule has 0 aliphatic carbocycles. The van der Waals surface area contributed by atoms with Gasteiger partial charge >= 0.3 is 11.9 Å². The van der Waals surface area contributed by atoms with Crippen LogP contribution in [-0.2, 0) is 25.5 Å². The lowest BCUT2D eigenvalue weighted by molar-refractivity contribution is -0.278. The van der Waals surface area contributed by atoms with Gasteiger partial charge in [0, 0.05) is 18.3 Å². The molecule has 3 rings (SSSR count). The highest BCUT2D eigenvalue weighted by Gasteiger charge is 2.46. The highest BCUT2D eigenvalue weighted by Crippen LogP contribution is 2.37. The number of nitrogens with one attached hydrogen (secondary N) is 1. The van der Waals surface area contributed by atoms with E-state index in [9.17, 15) is 35.1 Å². The number of carboxylic acid groups (broad SMARTS) is 1. The van der Waals surface area contributed by atoms with Crippen molar-refractivity contribution in [3.05, 3.63) is 17.7 Å². The van der Waals surface area contributed by atoms with Gasteiger partial charge in [-0.1, -0.05) is 0 Å². The predicted molar refractivity (Wildman–Crippen MR) is 106 cm³/mol. The number of carboxylic acids is 1. The summed E-state index contributed by atoms with van der Waals surface area (Å²) in [5.74, 6) is -2.47. The number of hydrogen-bond donors (Lipinski definition) is 7. The van der Waals surface area contributed by atoms with E-state index >= 15 is 0 Å². The summed E-state index contributed by atoms with van der Waals surface area (Å²) in [6, 6.07) is 3.03. The molecule has 12 heteroatoms. The van der Waals surface area contributed by atoms with Crippen LogP contribution >= 0.6 is 0 Å². The fourth-order valence-corrected chi connectivity index (χ4v) is 3.61. The van der Waals surface area contributed by atoms with Crippen LogP contribution in [0.3, 0.4) is 0 Å². The molecule has 1 saturated heterocycles. The summed E-state index contributed by atoms with van der Waals surface area (Å²) in [5.41, 5.74) is -0.211. The maximum atomic E-state index is 12.0. The van der Waals surface area contributed by atoms with Crippen molar-refractivity contribution >= 4 is 17.6 Å². The molecule has 178 valence electrons. The van der Waals surface area contributed by atoms with Crippen molar-refractivity contribution in [3.8, 4) is 11.5 Å². The normalized spacial score (nSPS) is 28.8. The van der Waals surface area contributed by atoms with Crippen molar-refractivity contribution < 1.29 is 54.4 Å². The number of aliphatic hydroxyl groups is 4. The monoisotopic (exact) mass is 457 g/mol. The first-order valence-corrected chi connectivity index (χ1v) is 10.0. The number of anilines is 1. The van der Waals surface area contributed by atoms with Crippen LogP contribution in [0.25, 0.3) is 0 Å². The number of carbonyl (C=O) groups excluding carboxylic acids is 1. The van der Waals surface area contributed by atoms with Gasteiger partial charge in [-0.2, -0.15) is 0 Å². The Morgan fingerprint density at radius 1 is 1.19 bits per heavy atom. The summed E-state index contributed by atoms with van der Waals surface area (Å²) < 4.78 is 16.0. The van der Waals surface area contributed by atoms with Crippen molar-refractivity contribution in [2.45, 2.75) is 62.5 Å². The van der Waals surface area contributed by atoms with E-state index in [0.29, 0.717) is 13.0 Å². The van der Waals surface area contributed by atoms with E-state index in [2.05, 4.69) is 5.32 Å². The Morgan fingerprint density at radius 2 is 1.91 bits per heavy atom. The van der Waals surface area contributed by atoms with Crippen LogP contribution in [0.1, 0.15) is 25.3 Å². The molecule has 0 amide bonds. The highest BCUT2D eigenvalue weighted by molar-refractivity contribution is 5.73. The molecule has 0 spiro atoms. The summed E-state index contributed by atoms with van der Waals surface area (Å²) >= 11 is 0. The van der Waals surface area contributed by atoms with Crippen LogP contribution in [0.2, 0.25) is 0 Å². The van der Waals surface area contributed by atoms with Crippen LogP contribution < -0.4 is 10.1 Å². The van der Waals surface area contributed by atoms with Crippen molar-refractivity contribution in [2.75, 3.05) is 18.5 Å². The molecule has 1 fully saturated rings. The van der Waals surface area contributed by atoms with E-state index in [1.165, 1.54) is 6.07 Å². The quantitative estimate of drug-likeness (QED) is 0.228. The molecule has 0 bridgehead atoms. The average Bonchev–Trinajstić information content (AvgIpc) is 3.13. The molecule has 7 N–H and O–H groups in total. The van der Waals surface area contributed by atoms with Crippen LogP contribution in [-0.4, -0.2) is 92.0 Å². The van der Waals surface area contributed by atoms with E-state index in [1.54, 1.807) is 6.07 Å². The second-order valence-corrected chi connectivity index (χ2v) is 8.21. The summed E-state index contributed by atoms with van der Waals surface area (Å²) in [5, 5.41) is 62.5. The minimum atomic E-state index is -1.84. The fourth-order valence-electron chi connectivity index (χ4n) is 3.61. The molecule has 1 unspecified atom stereocenters. The maximum Gasteiger partial charge on any atom is 0.308 e. The maximum absolute atomic E-state index is 12.0. The number of esters is 1. The van der Waals surface area contributed by atoms with Crippen LogP contribution in [0.5, 0.6) is 11.5 Å². The number of benzene rings is 1. The van der Waals surface area contributed by atoms with E-state index in [4.69, 9.17) is 19.3 Å². The molecule has 12 nitrogen and oxygen atoms in total. The number of phenolic OH excluding ortho intramolecular Hbond substituents is 1. The minimum Gasteiger partial charge on any atom is -0.504 e. The van der Waals surface area contributed by atoms with Gasteiger partial charge in [-0.15, -0.1) is 0 Å². The van der Waals surface area contributed by atoms with Gasteiger partial charge in [0.15, 0.2) is 11.5 Å². The Bertz CT molecular complexity index is 858. The fraction of sp³-hybridized carbons (Fsp3) is 0.600. The van der Waals surface area contributed by atoms with E-state index < -0.39 is 67.7 Å². The third-order valence-electron chi connectivity index (χ3n) is 5.27. The van der Waals surface area contributed by atoms with E-state index in [0.717, 1.165) is 18.2 Å². The number of aliphatic hydroxyl groups excluding tert-OH is 3. The zero-order valence-corrected chi connectivity index (χ0v) is 17.3. The summed E-state index contributed by atoms with van der Waals surface area (Å²) in [4.78, 5) is 22.7. The van der Waals surface area contributed by atoms with E-state index in [-0.39, 0.29) is 11.5 Å². The molecule has 2 aliphatic heterocycles. The molecular weight excluding hydrogens is 430 g/mol. The first-order chi connectivity index (χ1) is 15.0. The summed E-state index contributed by atoms with van der Waals surface area (Å²) in [6.07, 6.45) is -8.39. The number of aromatic hydroxyl groups is 1. The van der Waals surface area contributed by atoms with Gasteiger partial charge in [0.1, 0.15) is 31.0 Å². The molecule has 6 atom stereocenters. The molecule has 1 aromatic rings. The molecule has 0 aromatic heterocycles. The number of rotatable bonds is 8. The van der Waals surface area contributed by atoms with Gasteiger partial charge in [0.25, 0.3) is 0 Å². The van der Waals surface area contributed by atoms with Gasteiger partial charge in [-0.25, -0.2) is 0 Å². The number of aliphatic carboxylic acids is 1. The largest absolute Gasteiger partial charge is 0.504 e. The van der Waals surface area contributed by atoms with Gasteiger partial charge in [-0.05, 0) is 25.0 Å². The molecule has 0 radical (unpaired) electrons. The molecule has 2 aliphatic rings. The number of hydrogen-bond acceptors (Lipinski definition) is 11. The third kappa shape index (κ3) is 5.58. The van der Waals surface area contributed by atoms with E-state index in [1.807, 2.05) is 0 Å². The Kier molecular flexibility index (Phi) is 7.10. The Labute approximate surface area is 183 Å². The van der Waals surface area contributed by atoms with Crippen molar-refractivity contribution in [1.82, 2.24) is 0 Å². The predicted octanol–water partition coefficient (Wildman–Crippen LogP) is -1.29. The zero-order chi connectivity index (χ0) is 23.6. The molecule has 1 aromatic carbocycles. The van der Waals surface area contributed by atoms with Gasteiger partial charge in [0.2, 0.25) is 6.29 Å². The lowest BCUT2D eigenvalue weighted by atomic mass is 9.98. The lowest BCUT2D eigenvalue weighted by Crippen LogP contribution is -2.60. The number of carbonyl (C=O) groups is 2. The first kappa shape index (κ1) is 24.0. The average molecular weight is 457 g/mol. The summed E-state index contributed by atoms with van der Waals surface area (Å²) in [6.45, 7) is 1.29. The minimum absolute atomic E-state index is 0.000511. The SMILES string of the molecule is CC(O)(CC(=O)O)CC(=O)OC[C@H]1O[C@@H](Oc2cc3c(cc2O)NCC3)[C@H](O)[C@@H](O)[C@@H]1O. The van der Waals surface area contributed by atoms with Crippen molar-refractivity contribution in [3.63, 3.8) is 0 Å². The molecule has 2 heterocycles. The molecular formula is C20H27NO11. The molecule has 0 saturated carbocycles.